The van der Waals surface area contributed by atoms with Gasteiger partial charge in [-0.05, 0) is 30.7 Å². The first-order valence-corrected chi connectivity index (χ1v) is 7.41. The van der Waals surface area contributed by atoms with Crippen molar-refractivity contribution in [2.75, 3.05) is 26.1 Å². The van der Waals surface area contributed by atoms with Crippen molar-refractivity contribution >= 4 is 17.4 Å². The number of ether oxygens (including phenoxy) is 2. The lowest BCUT2D eigenvalue weighted by molar-refractivity contribution is 0.0953. The molecule has 23 heavy (non-hydrogen) atoms. The minimum Gasteiger partial charge on any atom is -0.497 e. The van der Waals surface area contributed by atoms with Gasteiger partial charge < -0.3 is 20.1 Å². The first-order valence-electron chi connectivity index (χ1n) is 7.41. The number of methoxy groups -OCH3 is 2. The number of anilines is 2. The van der Waals surface area contributed by atoms with E-state index in [2.05, 4.69) is 15.6 Å². The first-order chi connectivity index (χ1) is 11.2. The molecular formula is C17H21N3O3. The molecule has 2 aromatic rings. The van der Waals surface area contributed by atoms with Crippen LogP contribution in [0.5, 0.6) is 11.5 Å². The molecule has 6 nitrogen and oxygen atoms in total. The number of benzene rings is 1. The topological polar surface area (TPSA) is 72.5 Å². The van der Waals surface area contributed by atoms with Gasteiger partial charge in [0, 0.05) is 18.8 Å². The predicted octanol–water partition coefficient (Wildman–Crippen LogP) is 2.98. The summed E-state index contributed by atoms with van der Waals surface area (Å²) in [7, 11) is 3.19. The molecule has 0 saturated carbocycles. The van der Waals surface area contributed by atoms with Crippen LogP contribution in [0.15, 0.2) is 36.5 Å². The summed E-state index contributed by atoms with van der Waals surface area (Å²) in [5.41, 5.74) is 1.30. The average Bonchev–Trinajstić information content (AvgIpc) is 2.60. The number of nitrogens with zero attached hydrogens (tertiary/aromatic N) is 1. The Morgan fingerprint density at radius 2 is 2.00 bits per heavy atom. The molecule has 6 heteroatoms. The maximum absolute atomic E-state index is 11.8. The fraction of sp³-hybridized carbons (Fsp3) is 0.294. The number of pyridine rings is 1. The Hall–Kier alpha value is -2.76. The number of rotatable bonds is 7. The van der Waals surface area contributed by atoms with Gasteiger partial charge in [-0.2, -0.15) is 0 Å². The summed E-state index contributed by atoms with van der Waals surface area (Å²) < 4.78 is 10.5. The van der Waals surface area contributed by atoms with Gasteiger partial charge in [0.05, 0.1) is 25.5 Å². The lowest BCUT2D eigenvalue weighted by atomic mass is 10.2. The van der Waals surface area contributed by atoms with Gasteiger partial charge in [-0.15, -0.1) is 0 Å². The second kappa shape index (κ2) is 8.03. The van der Waals surface area contributed by atoms with Crippen LogP contribution in [0.3, 0.4) is 0 Å². The third-order valence-corrected chi connectivity index (χ3v) is 3.23. The smallest absolute Gasteiger partial charge is 0.252 e. The Morgan fingerprint density at radius 3 is 2.61 bits per heavy atom. The quantitative estimate of drug-likeness (QED) is 0.822. The largest absolute Gasteiger partial charge is 0.497 e. The lowest BCUT2D eigenvalue weighted by Crippen LogP contribution is -2.24. The SMILES string of the molecule is CCCNC(=O)c1ccc(Nc2ccc(OC)cc2OC)nc1. The fourth-order valence-corrected chi connectivity index (χ4v) is 1.98. The second-order valence-corrected chi connectivity index (χ2v) is 4.88. The van der Waals surface area contributed by atoms with E-state index >= 15 is 0 Å². The van der Waals surface area contributed by atoms with Gasteiger partial charge in [-0.1, -0.05) is 6.92 Å². The molecule has 0 saturated heterocycles. The molecule has 1 amide bonds. The highest BCUT2D eigenvalue weighted by atomic mass is 16.5. The van der Waals surface area contributed by atoms with Crippen molar-refractivity contribution < 1.29 is 14.3 Å². The van der Waals surface area contributed by atoms with Gasteiger partial charge in [0.1, 0.15) is 17.3 Å². The molecule has 0 radical (unpaired) electrons. The highest BCUT2D eigenvalue weighted by molar-refractivity contribution is 5.94. The standard InChI is InChI=1S/C17H21N3O3/c1-4-9-18-17(21)12-5-8-16(19-11-12)20-14-7-6-13(22-2)10-15(14)23-3/h5-8,10-11H,4,9H2,1-3H3,(H,18,21)(H,19,20). The summed E-state index contributed by atoms with van der Waals surface area (Å²) in [5, 5.41) is 5.98. The molecule has 0 unspecified atom stereocenters. The van der Waals surface area contributed by atoms with Crippen LogP contribution in [0.25, 0.3) is 0 Å². The summed E-state index contributed by atoms with van der Waals surface area (Å²) in [4.78, 5) is 16.1. The molecule has 0 spiro atoms. The van der Waals surface area contributed by atoms with E-state index in [1.165, 1.54) is 0 Å². The Bertz CT molecular complexity index is 657. The Morgan fingerprint density at radius 1 is 1.17 bits per heavy atom. The van der Waals surface area contributed by atoms with Crippen LogP contribution in [0.4, 0.5) is 11.5 Å². The average molecular weight is 315 g/mol. The van der Waals surface area contributed by atoms with Gasteiger partial charge in [0.15, 0.2) is 0 Å². The van der Waals surface area contributed by atoms with Crippen molar-refractivity contribution in [3.8, 4) is 11.5 Å². The van der Waals surface area contributed by atoms with Crippen molar-refractivity contribution in [3.05, 3.63) is 42.1 Å². The minimum absolute atomic E-state index is 0.118. The minimum atomic E-state index is -0.118. The molecule has 2 rings (SSSR count). The van der Waals surface area contributed by atoms with Crippen molar-refractivity contribution in [1.29, 1.82) is 0 Å². The number of aromatic nitrogens is 1. The van der Waals surface area contributed by atoms with Crippen LogP contribution in [0, 0.1) is 0 Å². The van der Waals surface area contributed by atoms with Crippen LogP contribution in [-0.4, -0.2) is 31.7 Å². The van der Waals surface area contributed by atoms with Crippen LogP contribution in [-0.2, 0) is 0 Å². The maximum Gasteiger partial charge on any atom is 0.252 e. The number of hydrogen-bond acceptors (Lipinski definition) is 5. The molecule has 0 atom stereocenters. The molecule has 1 heterocycles. The molecule has 0 aliphatic heterocycles. The molecule has 1 aromatic carbocycles. The summed E-state index contributed by atoms with van der Waals surface area (Å²) in [5.74, 6) is 1.87. The molecule has 122 valence electrons. The van der Waals surface area contributed by atoms with E-state index in [1.807, 2.05) is 19.1 Å². The number of amides is 1. The number of hydrogen-bond donors (Lipinski definition) is 2. The van der Waals surface area contributed by atoms with E-state index in [-0.39, 0.29) is 5.91 Å². The van der Waals surface area contributed by atoms with E-state index in [9.17, 15) is 4.79 Å². The second-order valence-electron chi connectivity index (χ2n) is 4.88. The molecular weight excluding hydrogens is 294 g/mol. The van der Waals surface area contributed by atoms with E-state index in [0.29, 0.717) is 29.4 Å². The molecule has 0 fully saturated rings. The Kier molecular flexibility index (Phi) is 5.80. The van der Waals surface area contributed by atoms with Crippen molar-refractivity contribution in [1.82, 2.24) is 10.3 Å². The van der Waals surface area contributed by atoms with Crippen LogP contribution < -0.4 is 20.1 Å². The lowest BCUT2D eigenvalue weighted by Gasteiger charge is -2.12. The zero-order valence-electron chi connectivity index (χ0n) is 13.6. The van der Waals surface area contributed by atoms with Crippen molar-refractivity contribution in [3.63, 3.8) is 0 Å². The van der Waals surface area contributed by atoms with Gasteiger partial charge in [0.25, 0.3) is 5.91 Å². The van der Waals surface area contributed by atoms with E-state index < -0.39 is 0 Å². The molecule has 2 N–H and O–H groups in total. The predicted molar refractivity (Wildman–Crippen MR) is 89.7 cm³/mol. The van der Waals surface area contributed by atoms with E-state index in [4.69, 9.17) is 9.47 Å². The highest BCUT2D eigenvalue weighted by Crippen LogP contribution is 2.30. The number of nitrogens with one attached hydrogen (secondary N) is 2. The highest BCUT2D eigenvalue weighted by Gasteiger charge is 2.08. The summed E-state index contributed by atoms with van der Waals surface area (Å²) >= 11 is 0. The third-order valence-electron chi connectivity index (χ3n) is 3.23. The Labute approximate surface area is 135 Å². The summed E-state index contributed by atoms with van der Waals surface area (Å²) in [6.45, 7) is 2.66. The van der Waals surface area contributed by atoms with Gasteiger partial charge in [-0.25, -0.2) is 4.98 Å². The zero-order valence-corrected chi connectivity index (χ0v) is 13.6. The van der Waals surface area contributed by atoms with E-state index in [1.54, 1.807) is 38.6 Å². The van der Waals surface area contributed by atoms with Gasteiger partial charge >= 0.3 is 0 Å². The third kappa shape index (κ3) is 4.35. The number of carbonyl (C=O) groups is 1. The monoisotopic (exact) mass is 315 g/mol. The van der Waals surface area contributed by atoms with Crippen molar-refractivity contribution in [2.24, 2.45) is 0 Å². The molecule has 0 aliphatic carbocycles. The van der Waals surface area contributed by atoms with Gasteiger partial charge in [0.2, 0.25) is 0 Å². The van der Waals surface area contributed by atoms with Crippen molar-refractivity contribution in [2.45, 2.75) is 13.3 Å². The van der Waals surface area contributed by atoms with Gasteiger partial charge in [-0.3, -0.25) is 4.79 Å². The normalized spacial score (nSPS) is 10.0. The fourth-order valence-electron chi connectivity index (χ4n) is 1.98. The van der Waals surface area contributed by atoms with Crippen LogP contribution in [0.1, 0.15) is 23.7 Å². The zero-order chi connectivity index (χ0) is 16.7. The first kappa shape index (κ1) is 16.6. The maximum atomic E-state index is 11.8. The van der Waals surface area contributed by atoms with Crippen LogP contribution in [0.2, 0.25) is 0 Å². The Balaban J connectivity index is 2.10. The summed E-state index contributed by atoms with van der Waals surface area (Å²) in [6.07, 6.45) is 2.44. The number of carbonyl (C=O) groups excluding carboxylic acids is 1. The molecule has 1 aromatic heterocycles. The molecule has 0 aliphatic rings. The van der Waals surface area contributed by atoms with Crippen LogP contribution >= 0.6 is 0 Å². The van der Waals surface area contributed by atoms with E-state index in [0.717, 1.165) is 12.1 Å². The molecule has 0 bridgehead atoms. The summed E-state index contributed by atoms with van der Waals surface area (Å²) in [6, 6.07) is 8.95.